The first kappa shape index (κ1) is 39.2. The third-order valence-electron chi connectivity index (χ3n) is 9.92. The summed E-state index contributed by atoms with van der Waals surface area (Å²) in [6, 6.07) is 9.63. The van der Waals surface area contributed by atoms with Crippen molar-refractivity contribution >= 4 is 51.7 Å². The van der Waals surface area contributed by atoms with Gasteiger partial charge in [0.25, 0.3) is 5.67 Å². The maximum atomic E-state index is 16.4. The Kier molecular flexibility index (Phi) is 12.6. The number of ketones is 1. The number of oxime groups is 1. The molecule has 0 radical (unpaired) electrons. The average Bonchev–Trinajstić information content (AvgIpc) is 2.97. The summed E-state index contributed by atoms with van der Waals surface area (Å²) in [5.41, 5.74) is -4.31. The Labute approximate surface area is 292 Å². The number of nitrogens with zero attached hydrogens (tertiary/aromatic N) is 2. The molecule has 11 heteroatoms. The van der Waals surface area contributed by atoms with Gasteiger partial charge in [-0.25, -0.2) is 14.2 Å². The Balaban J connectivity index is 2.31. The van der Waals surface area contributed by atoms with Crippen molar-refractivity contribution in [2.24, 2.45) is 45.2 Å². The normalized spacial score (nSPS) is 38.2. The second kappa shape index (κ2) is 15.1. The van der Waals surface area contributed by atoms with Crippen LogP contribution in [0.2, 0.25) is 0 Å². The van der Waals surface area contributed by atoms with E-state index in [1.54, 1.807) is 29.5 Å². The SMILES string of the molecule is CC(=O)/N=C1\[C@H](C)C[C@@]2(C)OC/C(=N/OCc3ccccc3)CC[C@H]([C@H]1C)[C@](C)(O)[C@@H](I)OC(=O)[C@@](C)(F)C(=O)[C@H](C)[C@H]2C(C)(C)C. The number of esters is 1. The van der Waals surface area contributed by atoms with Crippen LogP contribution in [0.4, 0.5) is 4.39 Å². The van der Waals surface area contributed by atoms with Gasteiger partial charge in [-0.2, -0.15) is 0 Å². The lowest BCUT2D eigenvalue weighted by Crippen LogP contribution is -2.57. The number of amides is 1. The lowest BCUT2D eigenvalue weighted by Gasteiger charge is -2.49. The molecule has 0 spiro atoms. The highest BCUT2D eigenvalue weighted by molar-refractivity contribution is 14.1. The molecule has 1 amide bonds. The molecule has 2 heterocycles. The van der Waals surface area contributed by atoms with E-state index >= 15 is 4.39 Å². The van der Waals surface area contributed by atoms with E-state index < -0.39 is 61.8 Å². The number of cyclic esters (lactones) is 1. The molecule has 9 nitrogen and oxygen atoms in total. The van der Waals surface area contributed by atoms with Crippen LogP contribution in [-0.4, -0.2) is 61.8 Å². The molecule has 0 saturated carbocycles. The van der Waals surface area contributed by atoms with Gasteiger partial charge in [-0.3, -0.25) is 9.59 Å². The van der Waals surface area contributed by atoms with Gasteiger partial charge in [0.1, 0.15) is 12.2 Å². The number of aliphatic hydroxyl groups is 1. The number of hydrogen-bond acceptors (Lipinski definition) is 8. The lowest BCUT2D eigenvalue weighted by atomic mass is 9.60. The van der Waals surface area contributed by atoms with Crippen LogP contribution < -0.4 is 0 Å². The van der Waals surface area contributed by atoms with Crippen molar-refractivity contribution in [3.8, 4) is 0 Å². The summed E-state index contributed by atoms with van der Waals surface area (Å²) < 4.78 is 27.5. The van der Waals surface area contributed by atoms with Gasteiger partial charge in [0.2, 0.25) is 5.91 Å². The number of ether oxygens (including phenoxy) is 2. The number of Topliss-reactive ketones (excluding diaryl/α,β-unsaturated/α-hetero) is 1. The number of rotatable bonds is 3. The summed E-state index contributed by atoms with van der Waals surface area (Å²) >= 11 is 1.78. The third kappa shape index (κ3) is 9.06. The van der Waals surface area contributed by atoms with Gasteiger partial charge in [0.05, 0.1) is 17.9 Å². The summed E-state index contributed by atoms with van der Waals surface area (Å²) in [6.45, 7) is 17.4. The Bertz CT molecular complexity index is 1360. The highest BCUT2D eigenvalue weighted by Crippen LogP contribution is 2.48. The molecule has 3 rings (SSSR count). The molecule has 1 aromatic carbocycles. The van der Waals surface area contributed by atoms with Crippen molar-refractivity contribution in [1.82, 2.24) is 0 Å². The van der Waals surface area contributed by atoms with E-state index in [1.807, 2.05) is 71.9 Å². The van der Waals surface area contributed by atoms with Gasteiger partial charge in [-0.05, 0) is 85.4 Å². The first-order valence-corrected chi connectivity index (χ1v) is 17.6. The number of halogens is 2. The molecule has 2 saturated heterocycles. The molecule has 2 fully saturated rings. The molecule has 9 atom stereocenters. The van der Waals surface area contributed by atoms with E-state index in [-0.39, 0.29) is 25.0 Å². The van der Waals surface area contributed by atoms with E-state index in [0.29, 0.717) is 30.7 Å². The number of alkyl halides is 2. The monoisotopic (exact) mass is 770 g/mol. The molecule has 0 aromatic heterocycles. The van der Waals surface area contributed by atoms with E-state index in [1.165, 1.54) is 13.8 Å². The number of carbonyl (C=O) groups excluding carboxylic acids is 3. The van der Waals surface area contributed by atoms with Crippen LogP contribution in [0.5, 0.6) is 0 Å². The first-order valence-electron chi connectivity index (χ1n) is 16.4. The van der Waals surface area contributed by atoms with E-state index in [0.717, 1.165) is 12.5 Å². The Hall–Kier alpha value is -2.25. The minimum Gasteiger partial charge on any atom is -0.446 e. The fourth-order valence-corrected chi connectivity index (χ4v) is 8.63. The summed E-state index contributed by atoms with van der Waals surface area (Å²) in [6.07, 6.45) is 0.981. The number of fused-ring (bicyclic) bond motifs is 5. The average molecular weight is 771 g/mol. The van der Waals surface area contributed by atoms with Crippen LogP contribution in [0.15, 0.2) is 40.5 Å². The number of aliphatic imine (C=N–C) groups is 1. The molecule has 1 N–H and O–H groups in total. The molecule has 0 aliphatic carbocycles. The number of benzene rings is 1. The summed E-state index contributed by atoms with van der Waals surface area (Å²) in [4.78, 5) is 50.2. The highest BCUT2D eigenvalue weighted by atomic mass is 127. The van der Waals surface area contributed by atoms with Crippen LogP contribution in [-0.2, 0) is 35.3 Å². The molecule has 1 aromatic rings. The largest absolute Gasteiger partial charge is 0.446 e. The van der Waals surface area contributed by atoms with Crippen molar-refractivity contribution in [3.63, 3.8) is 0 Å². The molecule has 2 aliphatic rings. The first-order chi connectivity index (χ1) is 21.6. The van der Waals surface area contributed by atoms with Crippen LogP contribution in [0.25, 0.3) is 0 Å². The Morgan fingerprint density at radius 3 is 2.30 bits per heavy atom. The van der Waals surface area contributed by atoms with Gasteiger partial charge < -0.3 is 19.4 Å². The standard InChI is InChI=1S/C36H52FIN2O7/c1-21-18-34(8)29(33(5,6)7)23(3)30(42)35(9,37)32(43)47-31(38)36(10,44)27(22(2)28(21)39-24(4)41)17-16-26(20-45-34)40-46-19-25-14-12-11-13-15-25/h11-15,21-23,27,29,31,44H,16-20H2,1-10H3/b39-28+,40-26+/t21-,22-,23-,27-,29+,31+,34-,35+,36+/m1/s1. The second-order valence-electron chi connectivity index (χ2n) is 15.1. The minimum atomic E-state index is -2.97. The highest BCUT2D eigenvalue weighted by Gasteiger charge is 2.56. The zero-order chi connectivity index (χ0) is 35.5. The van der Waals surface area contributed by atoms with Crippen molar-refractivity contribution in [3.05, 3.63) is 35.9 Å². The summed E-state index contributed by atoms with van der Waals surface area (Å²) in [5.74, 6) is -5.71. The van der Waals surface area contributed by atoms with Crippen molar-refractivity contribution in [1.29, 1.82) is 0 Å². The van der Waals surface area contributed by atoms with E-state index in [4.69, 9.17) is 14.3 Å². The fraction of sp³-hybridized carbons (Fsp3) is 0.694. The van der Waals surface area contributed by atoms with Gasteiger partial charge >= 0.3 is 5.97 Å². The van der Waals surface area contributed by atoms with E-state index in [9.17, 15) is 19.5 Å². The molecule has 2 bridgehead atoms. The van der Waals surface area contributed by atoms with Crippen molar-refractivity contribution in [2.45, 2.75) is 116 Å². The fourth-order valence-electron chi connectivity index (χ4n) is 7.94. The Morgan fingerprint density at radius 1 is 1.11 bits per heavy atom. The third-order valence-corrected chi connectivity index (χ3v) is 11.4. The number of carbonyl (C=O) groups is 3. The second-order valence-corrected chi connectivity index (χ2v) is 16.2. The molecule has 47 heavy (non-hydrogen) atoms. The minimum absolute atomic E-state index is 0.0456. The Morgan fingerprint density at radius 2 is 1.72 bits per heavy atom. The quantitative estimate of drug-likeness (QED) is 0.115. The predicted octanol–water partition coefficient (Wildman–Crippen LogP) is 7.06. The van der Waals surface area contributed by atoms with Crippen LogP contribution in [0.1, 0.15) is 94.1 Å². The topological polar surface area (TPSA) is 124 Å². The van der Waals surface area contributed by atoms with Gasteiger partial charge in [0, 0.05) is 30.4 Å². The van der Waals surface area contributed by atoms with Gasteiger partial charge in [-0.1, -0.05) is 77.0 Å². The molecule has 262 valence electrons. The molecular formula is C36H52FIN2O7. The molecular weight excluding hydrogens is 718 g/mol. The van der Waals surface area contributed by atoms with Gasteiger partial charge in [-0.15, -0.1) is 0 Å². The van der Waals surface area contributed by atoms with Crippen LogP contribution >= 0.6 is 22.6 Å². The predicted molar refractivity (Wildman–Crippen MR) is 188 cm³/mol. The summed E-state index contributed by atoms with van der Waals surface area (Å²) in [5, 5.41) is 16.6. The van der Waals surface area contributed by atoms with Crippen molar-refractivity contribution in [2.75, 3.05) is 6.61 Å². The number of hydrogen-bond donors (Lipinski definition) is 1. The smallest absolute Gasteiger partial charge is 0.352 e. The summed E-state index contributed by atoms with van der Waals surface area (Å²) in [7, 11) is 0. The van der Waals surface area contributed by atoms with Crippen LogP contribution in [0, 0.1) is 35.0 Å². The maximum absolute atomic E-state index is 16.4. The maximum Gasteiger partial charge on any atom is 0.352 e. The molecule has 2 aliphatic heterocycles. The zero-order valence-electron chi connectivity index (χ0n) is 29.4. The van der Waals surface area contributed by atoms with E-state index in [2.05, 4.69) is 10.1 Å². The van der Waals surface area contributed by atoms with Gasteiger partial charge in [0.15, 0.2) is 9.89 Å². The zero-order valence-corrected chi connectivity index (χ0v) is 31.6. The molecule has 0 unspecified atom stereocenters. The lowest BCUT2D eigenvalue weighted by molar-refractivity contribution is -0.177. The van der Waals surface area contributed by atoms with Crippen LogP contribution in [0.3, 0.4) is 0 Å². The van der Waals surface area contributed by atoms with Crippen molar-refractivity contribution < 1.29 is 38.2 Å².